The Morgan fingerprint density at radius 1 is 1.18 bits per heavy atom. The molecule has 0 radical (unpaired) electrons. The monoisotopic (exact) mass is 316 g/mol. The summed E-state index contributed by atoms with van der Waals surface area (Å²) in [7, 11) is 2.17. The Kier molecular flexibility index (Phi) is 6.87. The SMILES string of the molecule is CC(=O)NC(c1ccc(C)cc1)C(F)(F)F.CN1CCCC1. The van der Waals surface area contributed by atoms with Gasteiger partial charge in [0.05, 0.1) is 0 Å². The van der Waals surface area contributed by atoms with E-state index in [4.69, 9.17) is 0 Å². The van der Waals surface area contributed by atoms with Crippen LogP contribution in [0.2, 0.25) is 0 Å². The summed E-state index contributed by atoms with van der Waals surface area (Å²) in [5, 5.41) is 1.89. The number of hydrogen-bond donors (Lipinski definition) is 1. The summed E-state index contributed by atoms with van der Waals surface area (Å²) >= 11 is 0. The molecule has 22 heavy (non-hydrogen) atoms. The van der Waals surface area contributed by atoms with Crippen LogP contribution < -0.4 is 5.32 Å². The number of alkyl halides is 3. The van der Waals surface area contributed by atoms with Gasteiger partial charge in [-0.2, -0.15) is 13.2 Å². The predicted octanol–water partition coefficient (Wildman–Crippen LogP) is 3.45. The lowest BCUT2D eigenvalue weighted by molar-refractivity contribution is -0.162. The first-order chi connectivity index (χ1) is 10.2. The molecule has 0 bridgehead atoms. The molecule has 1 amide bonds. The zero-order valence-electron chi connectivity index (χ0n) is 13.2. The van der Waals surface area contributed by atoms with Crippen LogP contribution in [0.1, 0.15) is 36.9 Å². The van der Waals surface area contributed by atoms with Gasteiger partial charge in [-0.05, 0) is 45.5 Å². The van der Waals surface area contributed by atoms with Crippen LogP contribution in [-0.2, 0) is 4.79 Å². The molecule has 0 saturated carbocycles. The number of halogens is 3. The van der Waals surface area contributed by atoms with Gasteiger partial charge in [0.25, 0.3) is 0 Å². The van der Waals surface area contributed by atoms with Crippen LogP contribution >= 0.6 is 0 Å². The van der Waals surface area contributed by atoms with E-state index in [1.807, 2.05) is 5.32 Å². The maximum absolute atomic E-state index is 12.7. The molecule has 1 heterocycles. The predicted molar refractivity (Wildman–Crippen MR) is 80.5 cm³/mol. The average Bonchev–Trinajstić information content (AvgIpc) is 2.88. The molecule has 1 aliphatic heterocycles. The van der Waals surface area contributed by atoms with E-state index in [1.165, 1.54) is 38.1 Å². The first-order valence-electron chi connectivity index (χ1n) is 7.29. The lowest BCUT2D eigenvalue weighted by Gasteiger charge is -2.21. The van der Waals surface area contributed by atoms with Crippen molar-refractivity contribution in [2.45, 2.75) is 38.9 Å². The Bertz CT molecular complexity index is 465. The number of likely N-dealkylation sites (tertiary alicyclic amines) is 1. The number of nitrogens with zero attached hydrogens (tertiary/aromatic N) is 1. The number of carbonyl (C=O) groups excluding carboxylic acids is 1. The molecule has 1 aliphatic rings. The van der Waals surface area contributed by atoms with Crippen molar-refractivity contribution < 1.29 is 18.0 Å². The lowest BCUT2D eigenvalue weighted by Crippen LogP contribution is -2.36. The topological polar surface area (TPSA) is 32.3 Å². The van der Waals surface area contributed by atoms with Crippen LogP contribution in [-0.4, -0.2) is 37.1 Å². The smallest absolute Gasteiger partial charge is 0.341 e. The highest BCUT2D eigenvalue weighted by molar-refractivity contribution is 5.73. The highest BCUT2D eigenvalue weighted by Crippen LogP contribution is 2.32. The number of aryl methyl sites for hydroxylation is 1. The lowest BCUT2D eigenvalue weighted by atomic mass is 10.0. The van der Waals surface area contributed by atoms with Gasteiger partial charge < -0.3 is 10.2 Å². The third kappa shape index (κ3) is 6.47. The van der Waals surface area contributed by atoms with Crippen molar-refractivity contribution in [2.24, 2.45) is 0 Å². The molecular weight excluding hydrogens is 293 g/mol. The van der Waals surface area contributed by atoms with Crippen molar-refractivity contribution in [1.29, 1.82) is 0 Å². The summed E-state index contributed by atoms with van der Waals surface area (Å²) < 4.78 is 38.0. The van der Waals surface area contributed by atoms with Crippen molar-refractivity contribution in [3.63, 3.8) is 0 Å². The Morgan fingerprint density at radius 3 is 2.00 bits per heavy atom. The standard InChI is InChI=1S/C11H12F3NO.C5H11N/c1-7-3-5-9(6-4-7)10(11(12,13)14)15-8(2)16;1-6-4-2-3-5-6/h3-6,10H,1-2H3,(H,15,16);2-5H2,1H3. The fourth-order valence-corrected chi connectivity index (χ4v) is 2.19. The van der Waals surface area contributed by atoms with E-state index < -0.39 is 18.1 Å². The van der Waals surface area contributed by atoms with Gasteiger partial charge in [0.2, 0.25) is 5.91 Å². The fraction of sp³-hybridized carbons (Fsp3) is 0.562. The van der Waals surface area contributed by atoms with E-state index >= 15 is 0 Å². The highest BCUT2D eigenvalue weighted by Gasteiger charge is 2.41. The van der Waals surface area contributed by atoms with E-state index in [1.54, 1.807) is 19.1 Å². The second kappa shape index (κ2) is 8.17. The van der Waals surface area contributed by atoms with Gasteiger partial charge in [0, 0.05) is 6.92 Å². The minimum atomic E-state index is -4.49. The Morgan fingerprint density at radius 2 is 1.68 bits per heavy atom. The Balaban J connectivity index is 0.000000335. The molecule has 2 rings (SSSR count). The molecule has 1 atom stereocenters. The summed E-state index contributed by atoms with van der Waals surface area (Å²) in [6.45, 7) is 5.48. The maximum Gasteiger partial charge on any atom is 0.412 e. The third-order valence-corrected chi connectivity index (χ3v) is 3.42. The molecular formula is C16H23F3N2O. The van der Waals surface area contributed by atoms with E-state index in [2.05, 4.69) is 11.9 Å². The Labute approximate surface area is 129 Å². The largest absolute Gasteiger partial charge is 0.412 e. The van der Waals surface area contributed by atoms with Gasteiger partial charge >= 0.3 is 6.18 Å². The molecule has 0 aromatic heterocycles. The van der Waals surface area contributed by atoms with E-state index in [9.17, 15) is 18.0 Å². The number of hydrogen-bond acceptors (Lipinski definition) is 2. The number of rotatable bonds is 2. The summed E-state index contributed by atoms with van der Waals surface area (Å²) in [4.78, 5) is 13.1. The van der Waals surface area contributed by atoms with Gasteiger partial charge in [-0.15, -0.1) is 0 Å². The summed E-state index contributed by atoms with van der Waals surface area (Å²) in [6, 6.07) is 3.95. The van der Waals surface area contributed by atoms with Crippen molar-refractivity contribution in [1.82, 2.24) is 10.2 Å². The minimum Gasteiger partial charge on any atom is -0.341 e. The highest BCUT2D eigenvalue weighted by atomic mass is 19.4. The molecule has 0 aliphatic carbocycles. The zero-order chi connectivity index (χ0) is 16.8. The molecule has 1 fully saturated rings. The van der Waals surface area contributed by atoms with Crippen LogP contribution in [0.4, 0.5) is 13.2 Å². The summed E-state index contributed by atoms with van der Waals surface area (Å²) in [6.07, 6.45) is -1.66. The first kappa shape index (κ1) is 18.5. The van der Waals surface area contributed by atoms with Crippen molar-refractivity contribution in [2.75, 3.05) is 20.1 Å². The molecule has 1 N–H and O–H groups in total. The fourth-order valence-electron chi connectivity index (χ4n) is 2.19. The van der Waals surface area contributed by atoms with Crippen LogP contribution in [0.5, 0.6) is 0 Å². The molecule has 0 spiro atoms. The number of benzene rings is 1. The molecule has 1 aromatic carbocycles. The van der Waals surface area contributed by atoms with E-state index in [0.29, 0.717) is 0 Å². The number of carbonyl (C=O) groups is 1. The van der Waals surface area contributed by atoms with Gasteiger partial charge in [0.15, 0.2) is 6.04 Å². The van der Waals surface area contributed by atoms with Gasteiger partial charge in [-0.3, -0.25) is 4.79 Å². The van der Waals surface area contributed by atoms with Crippen molar-refractivity contribution in [3.05, 3.63) is 35.4 Å². The number of amides is 1. The number of nitrogens with one attached hydrogen (secondary N) is 1. The maximum atomic E-state index is 12.7. The van der Waals surface area contributed by atoms with Crippen LogP contribution in [0.3, 0.4) is 0 Å². The average molecular weight is 316 g/mol. The van der Waals surface area contributed by atoms with Crippen molar-refractivity contribution >= 4 is 5.91 Å². The normalized spacial score (nSPS) is 16.6. The second-order valence-electron chi connectivity index (χ2n) is 5.60. The molecule has 6 heteroatoms. The summed E-state index contributed by atoms with van der Waals surface area (Å²) in [5.41, 5.74) is 0.904. The molecule has 1 unspecified atom stereocenters. The van der Waals surface area contributed by atoms with Gasteiger partial charge in [-0.25, -0.2) is 0 Å². The van der Waals surface area contributed by atoms with Crippen LogP contribution in [0.15, 0.2) is 24.3 Å². The van der Waals surface area contributed by atoms with E-state index in [-0.39, 0.29) is 5.56 Å². The van der Waals surface area contributed by atoms with Gasteiger partial charge in [0.1, 0.15) is 0 Å². The van der Waals surface area contributed by atoms with Crippen molar-refractivity contribution in [3.8, 4) is 0 Å². The third-order valence-electron chi connectivity index (χ3n) is 3.42. The molecule has 3 nitrogen and oxygen atoms in total. The second-order valence-corrected chi connectivity index (χ2v) is 5.60. The first-order valence-corrected chi connectivity index (χ1v) is 7.29. The zero-order valence-corrected chi connectivity index (χ0v) is 13.2. The molecule has 1 saturated heterocycles. The Hall–Kier alpha value is -1.56. The molecule has 1 aromatic rings. The quantitative estimate of drug-likeness (QED) is 0.906. The van der Waals surface area contributed by atoms with Gasteiger partial charge in [-0.1, -0.05) is 29.8 Å². The molecule has 124 valence electrons. The van der Waals surface area contributed by atoms with Crippen LogP contribution in [0, 0.1) is 6.92 Å². The minimum absolute atomic E-state index is 0.0355. The van der Waals surface area contributed by atoms with E-state index in [0.717, 1.165) is 12.5 Å². The van der Waals surface area contributed by atoms with Crippen LogP contribution in [0.25, 0.3) is 0 Å². The summed E-state index contributed by atoms with van der Waals surface area (Å²) in [5.74, 6) is -0.706.